The highest BCUT2D eigenvalue weighted by atomic mass is 31.2. The Morgan fingerprint density at radius 2 is 1.57 bits per heavy atom. The van der Waals surface area contributed by atoms with Gasteiger partial charge in [-0.05, 0) is 26.8 Å². The van der Waals surface area contributed by atoms with E-state index in [4.69, 9.17) is 4.52 Å². The summed E-state index contributed by atoms with van der Waals surface area (Å²) in [5, 5.41) is 0. The third-order valence-electron chi connectivity index (χ3n) is 1.35. The summed E-state index contributed by atoms with van der Waals surface area (Å²) in [4.78, 5) is 0. The maximum absolute atomic E-state index is 11.5. The van der Waals surface area contributed by atoms with Crippen LogP contribution in [0.3, 0.4) is 0 Å². The summed E-state index contributed by atoms with van der Waals surface area (Å²) in [5.74, 6) is 0.484. The fourth-order valence-corrected chi connectivity index (χ4v) is 1.35. The van der Waals surface area contributed by atoms with E-state index in [9.17, 15) is 4.57 Å². The molecule has 0 unspecified atom stereocenters. The molecular weight excluding hydrogens is 203 g/mol. The van der Waals surface area contributed by atoms with Crippen LogP contribution in [0.2, 0.25) is 0 Å². The molecule has 0 heterocycles. The minimum absolute atomic E-state index is 0.484. The Kier molecular flexibility index (Phi) is 5.77. The highest BCUT2D eigenvalue weighted by Crippen LogP contribution is 2.49. The van der Waals surface area contributed by atoms with Crippen molar-refractivity contribution in [1.82, 2.24) is 0 Å². The SMILES string of the molecule is COP(=O)(OC)O/C(C)=C\C=C(C)C. The largest absolute Gasteiger partial charge is 0.529 e. The van der Waals surface area contributed by atoms with E-state index < -0.39 is 7.82 Å². The van der Waals surface area contributed by atoms with Gasteiger partial charge in [0.2, 0.25) is 0 Å². The Morgan fingerprint density at radius 3 is 1.93 bits per heavy atom. The van der Waals surface area contributed by atoms with Crippen molar-refractivity contribution < 1.29 is 18.1 Å². The standard InChI is InChI=1S/C9H17O4P/c1-8(2)6-7-9(3)13-14(10,11-4)12-5/h6-7H,1-5H3/b9-7-. The molecule has 0 saturated carbocycles. The highest BCUT2D eigenvalue weighted by Gasteiger charge is 2.23. The Morgan fingerprint density at radius 1 is 1.07 bits per heavy atom. The van der Waals surface area contributed by atoms with E-state index in [1.165, 1.54) is 14.2 Å². The molecule has 0 aliphatic carbocycles. The molecule has 0 rings (SSSR count). The molecule has 0 aromatic heterocycles. The minimum Gasteiger partial charge on any atom is -0.409 e. The highest BCUT2D eigenvalue weighted by molar-refractivity contribution is 7.48. The summed E-state index contributed by atoms with van der Waals surface area (Å²) in [6, 6.07) is 0. The molecule has 0 amide bonds. The zero-order valence-electron chi connectivity index (χ0n) is 9.23. The Balaban J connectivity index is 4.45. The van der Waals surface area contributed by atoms with Gasteiger partial charge in [-0.25, -0.2) is 4.57 Å². The average Bonchev–Trinajstić information content (AvgIpc) is 2.14. The van der Waals surface area contributed by atoms with E-state index in [0.717, 1.165) is 5.57 Å². The van der Waals surface area contributed by atoms with Crippen molar-refractivity contribution in [2.75, 3.05) is 14.2 Å². The smallest absolute Gasteiger partial charge is 0.409 e. The van der Waals surface area contributed by atoms with Crippen LogP contribution < -0.4 is 0 Å². The third-order valence-corrected chi connectivity index (χ3v) is 2.76. The quantitative estimate of drug-likeness (QED) is 0.405. The first-order chi connectivity index (χ1) is 6.43. The third kappa shape index (κ3) is 5.22. The fourth-order valence-electron chi connectivity index (χ4n) is 0.640. The zero-order chi connectivity index (χ0) is 11.2. The number of allylic oxidation sites excluding steroid dienone is 4. The fraction of sp³-hybridized carbons (Fsp3) is 0.556. The van der Waals surface area contributed by atoms with Crippen molar-refractivity contribution in [3.05, 3.63) is 23.5 Å². The lowest BCUT2D eigenvalue weighted by atomic mass is 10.3. The van der Waals surface area contributed by atoms with Crippen molar-refractivity contribution in [1.29, 1.82) is 0 Å². The molecule has 5 heteroatoms. The molecular formula is C9H17O4P. The van der Waals surface area contributed by atoms with Gasteiger partial charge < -0.3 is 4.52 Å². The molecule has 0 bridgehead atoms. The van der Waals surface area contributed by atoms with Gasteiger partial charge in [-0.1, -0.05) is 11.6 Å². The number of hydrogen-bond acceptors (Lipinski definition) is 4. The maximum atomic E-state index is 11.5. The van der Waals surface area contributed by atoms with Crippen molar-refractivity contribution in [3.63, 3.8) is 0 Å². The second-order valence-corrected chi connectivity index (χ2v) is 4.73. The lowest BCUT2D eigenvalue weighted by Gasteiger charge is -2.13. The summed E-state index contributed by atoms with van der Waals surface area (Å²) < 4.78 is 25.7. The van der Waals surface area contributed by atoms with Crippen molar-refractivity contribution in [2.24, 2.45) is 0 Å². The first-order valence-corrected chi connectivity index (χ1v) is 5.62. The number of hydrogen-bond donors (Lipinski definition) is 0. The second kappa shape index (κ2) is 6.02. The van der Waals surface area contributed by atoms with Gasteiger partial charge in [-0.15, -0.1) is 0 Å². The summed E-state index contributed by atoms with van der Waals surface area (Å²) in [5.41, 5.74) is 1.12. The van der Waals surface area contributed by atoms with Gasteiger partial charge in [-0.3, -0.25) is 9.05 Å². The number of phosphoric acid groups is 1. The normalized spacial score (nSPS) is 12.5. The average molecular weight is 220 g/mol. The van der Waals surface area contributed by atoms with E-state index >= 15 is 0 Å². The monoisotopic (exact) mass is 220 g/mol. The first kappa shape index (κ1) is 13.4. The van der Waals surface area contributed by atoms with E-state index in [0.29, 0.717) is 5.76 Å². The predicted molar refractivity (Wildman–Crippen MR) is 55.9 cm³/mol. The van der Waals surface area contributed by atoms with Crippen LogP contribution in [-0.2, 0) is 18.1 Å². The van der Waals surface area contributed by atoms with Crippen LogP contribution in [0.25, 0.3) is 0 Å². The van der Waals surface area contributed by atoms with Gasteiger partial charge in [-0.2, -0.15) is 0 Å². The second-order valence-electron chi connectivity index (χ2n) is 2.92. The maximum Gasteiger partial charge on any atom is 0.529 e. The molecule has 0 aliphatic rings. The lowest BCUT2D eigenvalue weighted by Crippen LogP contribution is -1.92. The van der Waals surface area contributed by atoms with Crippen molar-refractivity contribution in [3.8, 4) is 0 Å². The van der Waals surface area contributed by atoms with Crippen molar-refractivity contribution >= 4 is 7.82 Å². The molecule has 0 atom stereocenters. The minimum atomic E-state index is -3.39. The molecule has 0 aliphatic heterocycles. The van der Waals surface area contributed by atoms with E-state index in [-0.39, 0.29) is 0 Å². The summed E-state index contributed by atoms with van der Waals surface area (Å²) in [7, 11) is -0.842. The van der Waals surface area contributed by atoms with Crippen LogP contribution in [0.1, 0.15) is 20.8 Å². The number of rotatable bonds is 5. The summed E-state index contributed by atoms with van der Waals surface area (Å²) in [6.07, 6.45) is 3.56. The van der Waals surface area contributed by atoms with Gasteiger partial charge in [0.25, 0.3) is 0 Å². The molecule has 0 N–H and O–H groups in total. The molecule has 0 radical (unpaired) electrons. The van der Waals surface area contributed by atoms with Crippen LogP contribution in [0.5, 0.6) is 0 Å². The summed E-state index contributed by atoms with van der Waals surface area (Å²) in [6.45, 7) is 5.59. The molecule has 14 heavy (non-hydrogen) atoms. The van der Waals surface area contributed by atoms with E-state index in [2.05, 4.69) is 9.05 Å². The van der Waals surface area contributed by atoms with Crippen molar-refractivity contribution in [2.45, 2.75) is 20.8 Å². The van der Waals surface area contributed by atoms with Crippen LogP contribution in [0, 0.1) is 0 Å². The Bertz CT molecular complexity index is 269. The molecule has 0 fully saturated rings. The van der Waals surface area contributed by atoms with Gasteiger partial charge in [0.1, 0.15) is 5.76 Å². The van der Waals surface area contributed by atoms with Gasteiger partial charge in [0.15, 0.2) is 0 Å². The Hall–Kier alpha value is -0.570. The van der Waals surface area contributed by atoms with E-state index in [1.807, 2.05) is 19.9 Å². The molecule has 82 valence electrons. The van der Waals surface area contributed by atoms with Crippen LogP contribution >= 0.6 is 7.82 Å². The Labute approximate surface area is 85.2 Å². The molecule has 0 saturated heterocycles. The zero-order valence-corrected chi connectivity index (χ0v) is 10.1. The molecule has 0 spiro atoms. The first-order valence-electron chi connectivity index (χ1n) is 4.16. The molecule has 0 aromatic rings. The van der Waals surface area contributed by atoms with Crippen LogP contribution in [0.15, 0.2) is 23.5 Å². The molecule has 0 aromatic carbocycles. The van der Waals surface area contributed by atoms with Crippen LogP contribution in [-0.4, -0.2) is 14.2 Å². The topological polar surface area (TPSA) is 44.8 Å². The van der Waals surface area contributed by atoms with Crippen LogP contribution in [0.4, 0.5) is 0 Å². The van der Waals surface area contributed by atoms with Gasteiger partial charge >= 0.3 is 7.82 Å². The number of phosphoric ester groups is 1. The van der Waals surface area contributed by atoms with Gasteiger partial charge in [0.05, 0.1) is 0 Å². The summed E-state index contributed by atoms with van der Waals surface area (Å²) >= 11 is 0. The predicted octanol–water partition coefficient (Wildman–Crippen LogP) is 3.27. The lowest BCUT2D eigenvalue weighted by molar-refractivity contribution is 0.183. The van der Waals surface area contributed by atoms with E-state index in [1.54, 1.807) is 13.0 Å². The van der Waals surface area contributed by atoms with Gasteiger partial charge in [0, 0.05) is 14.2 Å². The molecule has 4 nitrogen and oxygen atoms in total.